The lowest BCUT2D eigenvalue weighted by molar-refractivity contribution is 0.200. The minimum Gasteiger partial charge on any atom is -0.491 e. The molecule has 0 spiro atoms. The van der Waals surface area contributed by atoms with Crippen molar-refractivity contribution in [3.63, 3.8) is 0 Å². The molecule has 0 aliphatic carbocycles. The molecule has 14 heavy (non-hydrogen) atoms. The Labute approximate surface area is 83.7 Å². The van der Waals surface area contributed by atoms with Crippen LogP contribution in [-0.4, -0.2) is 24.9 Å². The molecule has 1 aliphatic rings. The lowest BCUT2D eigenvalue weighted by atomic mass is 10.0. The normalized spacial score (nSPS) is 14.9. The third-order valence-corrected chi connectivity index (χ3v) is 2.45. The van der Waals surface area contributed by atoms with E-state index in [1.807, 2.05) is 12.1 Å². The fourth-order valence-corrected chi connectivity index (χ4v) is 1.79. The van der Waals surface area contributed by atoms with Crippen molar-refractivity contribution in [2.24, 2.45) is 0 Å². The van der Waals surface area contributed by atoms with Crippen molar-refractivity contribution in [3.05, 3.63) is 29.3 Å². The molecule has 0 aromatic heterocycles. The molecule has 1 aliphatic heterocycles. The highest BCUT2D eigenvalue weighted by atomic mass is 16.5. The van der Waals surface area contributed by atoms with Gasteiger partial charge in [-0.1, -0.05) is 12.1 Å². The first-order valence-electron chi connectivity index (χ1n) is 4.97. The van der Waals surface area contributed by atoms with Gasteiger partial charge in [0.1, 0.15) is 12.4 Å². The van der Waals surface area contributed by atoms with Gasteiger partial charge in [-0.15, -0.1) is 0 Å². The number of ether oxygens (including phenoxy) is 1. The van der Waals surface area contributed by atoms with Crippen molar-refractivity contribution in [1.82, 2.24) is 5.32 Å². The van der Waals surface area contributed by atoms with Gasteiger partial charge in [-0.2, -0.15) is 0 Å². The highest BCUT2D eigenvalue weighted by Gasteiger charge is 2.12. The fourth-order valence-electron chi connectivity index (χ4n) is 1.79. The molecule has 0 unspecified atom stereocenters. The van der Waals surface area contributed by atoms with Gasteiger partial charge in [-0.25, -0.2) is 0 Å². The van der Waals surface area contributed by atoms with Crippen LogP contribution in [0, 0.1) is 0 Å². The number of aliphatic hydroxyl groups is 1. The SMILES string of the molecule is OCCOc1cccc2c1CCNC2. The molecule has 3 nitrogen and oxygen atoms in total. The van der Waals surface area contributed by atoms with Crippen molar-refractivity contribution in [2.45, 2.75) is 13.0 Å². The summed E-state index contributed by atoms with van der Waals surface area (Å²) in [6.45, 7) is 2.38. The summed E-state index contributed by atoms with van der Waals surface area (Å²) in [5.41, 5.74) is 2.60. The van der Waals surface area contributed by atoms with E-state index >= 15 is 0 Å². The van der Waals surface area contributed by atoms with Crippen molar-refractivity contribution in [3.8, 4) is 5.75 Å². The molecule has 1 aromatic carbocycles. The number of nitrogens with one attached hydrogen (secondary N) is 1. The monoisotopic (exact) mass is 193 g/mol. The van der Waals surface area contributed by atoms with Crippen LogP contribution in [0.4, 0.5) is 0 Å². The number of rotatable bonds is 3. The Morgan fingerprint density at radius 3 is 3.21 bits per heavy atom. The summed E-state index contributed by atoms with van der Waals surface area (Å²) in [7, 11) is 0. The van der Waals surface area contributed by atoms with Crippen molar-refractivity contribution in [1.29, 1.82) is 0 Å². The average molecular weight is 193 g/mol. The highest BCUT2D eigenvalue weighted by molar-refractivity contribution is 5.41. The lowest BCUT2D eigenvalue weighted by Crippen LogP contribution is -2.24. The summed E-state index contributed by atoms with van der Waals surface area (Å²) in [5, 5.41) is 12.0. The Hall–Kier alpha value is -1.06. The van der Waals surface area contributed by atoms with Gasteiger partial charge >= 0.3 is 0 Å². The number of hydrogen-bond donors (Lipinski definition) is 2. The predicted octanol–water partition coefficient (Wildman–Crippen LogP) is 0.703. The van der Waals surface area contributed by atoms with Gasteiger partial charge in [-0.3, -0.25) is 0 Å². The molecule has 3 heteroatoms. The van der Waals surface area contributed by atoms with Gasteiger partial charge in [0.25, 0.3) is 0 Å². The van der Waals surface area contributed by atoms with E-state index in [0.29, 0.717) is 6.61 Å². The van der Waals surface area contributed by atoms with Crippen LogP contribution in [0.25, 0.3) is 0 Å². The van der Waals surface area contributed by atoms with E-state index in [1.165, 1.54) is 11.1 Å². The molecule has 2 N–H and O–H groups in total. The maximum Gasteiger partial charge on any atom is 0.122 e. The van der Waals surface area contributed by atoms with Gasteiger partial charge < -0.3 is 15.2 Å². The molecule has 0 saturated heterocycles. The first-order chi connectivity index (χ1) is 6.92. The molecular formula is C11H15NO2. The van der Waals surface area contributed by atoms with Gasteiger partial charge in [0, 0.05) is 6.54 Å². The third kappa shape index (κ3) is 1.89. The molecule has 2 rings (SSSR count). The van der Waals surface area contributed by atoms with Crippen LogP contribution >= 0.6 is 0 Å². The number of hydrogen-bond acceptors (Lipinski definition) is 3. The van der Waals surface area contributed by atoms with E-state index in [0.717, 1.165) is 25.3 Å². The maximum atomic E-state index is 8.69. The van der Waals surface area contributed by atoms with Gasteiger partial charge in [0.05, 0.1) is 6.61 Å². The number of fused-ring (bicyclic) bond motifs is 1. The zero-order valence-corrected chi connectivity index (χ0v) is 8.12. The molecule has 0 saturated carbocycles. The Morgan fingerprint density at radius 1 is 1.43 bits per heavy atom. The largest absolute Gasteiger partial charge is 0.491 e. The van der Waals surface area contributed by atoms with Crippen LogP contribution in [0.3, 0.4) is 0 Å². The van der Waals surface area contributed by atoms with Crippen molar-refractivity contribution < 1.29 is 9.84 Å². The molecule has 0 amide bonds. The fraction of sp³-hybridized carbons (Fsp3) is 0.455. The number of benzene rings is 1. The molecule has 0 fully saturated rings. The summed E-state index contributed by atoms with van der Waals surface area (Å²) < 4.78 is 5.48. The second-order valence-corrected chi connectivity index (χ2v) is 3.39. The molecule has 0 radical (unpaired) electrons. The smallest absolute Gasteiger partial charge is 0.122 e. The van der Waals surface area contributed by atoms with Crippen LogP contribution in [0.5, 0.6) is 5.75 Å². The van der Waals surface area contributed by atoms with Gasteiger partial charge in [0.2, 0.25) is 0 Å². The minimum atomic E-state index is 0.0713. The van der Waals surface area contributed by atoms with Crippen molar-refractivity contribution in [2.75, 3.05) is 19.8 Å². The topological polar surface area (TPSA) is 41.5 Å². The van der Waals surface area contributed by atoms with Crippen LogP contribution in [0.1, 0.15) is 11.1 Å². The second-order valence-electron chi connectivity index (χ2n) is 3.39. The summed E-state index contributed by atoms with van der Waals surface area (Å²) in [5.74, 6) is 0.929. The summed E-state index contributed by atoms with van der Waals surface area (Å²) in [6.07, 6.45) is 1.01. The van der Waals surface area contributed by atoms with Crippen LogP contribution in [0.2, 0.25) is 0 Å². The van der Waals surface area contributed by atoms with E-state index in [2.05, 4.69) is 11.4 Å². The minimum absolute atomic E-state index is 0.0713. The van der Waals surface area contributed by atoms with Crippen molar-refractivity contribution >= 4 is 0 Å². The molecule has 76 valence electrons. The number of aliphatic hydroxyl groups excluding tert-OH is 1. The van der Waals surface area contributed by atoms with Gasteiger partial charge in [0.15, 0.2) is 0 Å². The van der Waals surface area contributed by atoms with Crippen LogP contribution < -0.4 is 10.1 Å². The quantitative estimate of drug-likeness (QED) is 0.742. The van der Waals surface area contributed by atoms with Crippen LogP contribution in [-0.2, 0) is 13.0 Å². The van der Waals surface area contributed by atoms with Gasteiger partial charge in [-0.05, 0) is 30.2 Å². The standard InChI is InChI=1S/C11H15NO2/c13-6-7-14-11-3-1-2-9-8-12-5-4-10(9)11/h1-3,12-13H,4-8H2. The zero-order valence-electron chi connectivity index (χ0n) is 8.12. The molecule has 1 aromatic rings. The molecule has 1 heterocycles. The Bertz CT molecular complexity index is 312. The average Bonchev–Trinajstić information content (AvgIpc) is 2.26. The first-order valence-corrected chi connectivity index (χ1v) is 4.97. The Balaban J connectivity index is 2.21. The lowest BCUT2D eigenvalue weighted by Gasteiger charge is -2.20. The maximum absolute atomic E-state index is 8.69. The van der Waals surface area contributed by atoms with E-state index in [9.17, 15) is 0 Å². The summed E-state index contributed by atoms with van der Waals surface area (Å²) in [6, 6.07) is 6.09. The van der Waals surface area contributed by atoms with E-state index < -0.39 is 0 Å². The predicted molar refractivity (Wildman–Crippen MR) is 54.4 cm³/mol. The van der Waals surface area contributed by atoms with Crippen LogP contribution in [0.15, 0.2) is 18.2 Å². The van der Waals surface area contributed by atoms with E-state index in [4.69, 9.17) is 9.84 Å². The van der Waals surface area contributed by atoms with E-state index in [1.54, 1.807) is 0 Å². The molecular weight excluding hydrogens is 178 g/mol. The summed E-state index contributed by atoms with van der Waals surface area (Å²) >= 11 is 0. The first kappa shape index (κ1) is 9.49. The molecule has 0 atom stereocenters. The summed E-state index contributed by atoms with van der Waals surface area (Å²) in [4.78, 5) is 0. The highest BCUT2D eigenvalue weighted by Crippen LogP contribution is 2.24. The second kappa shape index (κ2) is 4.44. The zero-order chi connectivity index (χ0) is 9.80. The third-order valence-electron chi connectivity index (χ3n) is 2.45. The molecule has 0 bridgehead atoms. The Kier molecular flexibility index (Phi) is 3.01. The van der Waals surface area contributed by atoms with E-state index in [-0.39, 0.29) is 6.61 Å². The Morgan fingerprint density at radius 2 is 2.36 bits per heavy atom.